The van der Waals surface area contributed by atoms with Gasteiger partial charge in [0.25, 0.3) is 0 Å². The molecule has 0 bridgehead atoms. The Labute approximate surface area is 52.6 Å². The zero-order chi connectivity index (χ0) is 6.41. The first kappa shape index (κ1) is 7.38. The Morgan fingerprint density at radius 2 is 2.62 bits per heavy atom. The van der Waals surface area contributed by atoms with Crippen molar-refractivity contribution in [2.24, 2.45) is 0 Å². The molecule has 0 aromatic heterocycles. The third-order valence-corrected chi connectivity index (χ3v) is 1.05. The fraction of sp³-hybridized carbons (Fsp3) is 0.400. The van der Waals surface area contributed by atoms with Gasteiger partial charge in [0.15, 0.2) is 0 Å². The van der Waals surface area contributed by atoms with Gasteiger partial charge >= 0.3 is 5.97 Å². The quantitative estimate of drug-likeness (QED) is 0.402. The van der Waals surface area contributed by atoms with Gasteiger partial charge in [-0.15, -0.1) is 6.42 Å². The fourth-order valence-corrected chi connectivity index (χ4v) is 0.479. The second kappa shape index (κ2) is 4.54. The summed E-state index contributed by atoms with van der Waals surface area (Å²) in [6, 6.07) is 0. The van der Waals surface area contributed by atoms with E-state index in [0.717, 1.165) is 11.8 Å². The van der Waals surface area contributed by atoms with E-state index in [9.17, 15) is 4.79 Å². The molecule has 0 saturated carbocycles. The van der Waals surface area contributed by atoms with Crippen molar-refractivity contribution < 1.29 is 9.53 Å². The van der Waals surface area contributed by atoms with Gasteiger partial charge in [-0.25, -0.2) is 0 Å². The van der Waals surface area contributed by atoms with Crippen LogP contribution >= 0.6 is 11.8 Å². The highest BCUT2D eigenvalue weighted by molar-refractivity contribution is 8.04. The molecule has 0 saturated heterocycles. The minimum Gasteiger partial charge on any atom is -0.468 e. The first-order valence-corrected chi connectivity index (χ1v) is 2.94. The lowest BCUT2D eigenvalue weighted by molar-refractivity contribution is -0.137. The Morgan fingerprint density at radius 3 is 3.00 bits per heavy atom. The van der Waals surface area contributed by atoms with Crippen molar-refractivity contribution in [2.45, 2.75) is 0 Å². The topological polar surface area (TPSA) is 26.3 Å². The Morgan fingerprint density at radius 1 is 2.00 bits per heavy atom. The number of esters is 1. The van der Waals surface area contributed by atoms with E-state index >= 15 is 0 Å². The van der Waals surface area contributed by atoms with Crippen LogP contribution in [0.15, 0.2) is 0 Å². The zero-order valence-corrected chi connectivity index (χ0v) is 5.33. The maximum absolute atomic E-state index is 10.2. The SMILES string of the molecule is C#CSCC(=O)OC. The van der Waals surface area contributed by atoms with Crippen molar-refractivity contribution in [2.75, 3.05) is 12.9 Å². The number of terminal acetylenes is 1. The second-order valence-corrected chi connectivity index (χ2v) is 1.80. The summed E-state index contributed by atoms with van der Waals surface area (Å²) in [6.07, 6.45) is 4.84. The van der Waals surface area contributed by atoms with E-state index in [0.29, 0.717) is 0 Å². The Hall–Kier alpha value is -0.620. The molecule has 3 heteroatoms. The van der Waals surface area contributed by atoms with Gasteiger partial charge in [-0.1, -0.05) is 11.8 Å². The highest BCUT2D eigenvalue weighted by atomic mass is 32.2. The largest absolute Gasteiger partial charge is 0.468 e. The molecule has 0 heterocycles. The summed E-state index contributed by atoms with van der Waals surface area (Å²) in [7, 11) is 1.33. The third-order valence-electron chi connectivity index (χ3n) is 0.501. The molecule has 0 aromatic rings. The first-order valence-electron chi connectivity index (χ1n) is 1.95. The van der Waals surface area contributed by atoms with E-state index in [1.165, 1.54) is 7.11 Å². The average molecular weight is 130 g/mol. The molecule has 0 rings (SSSR count). The van der Waals surface area contributed by atoms with Crippen molar-refractivity contribution in [3.8, 4) is 11.7 Å². The number of hydrogen-bond acceptors (Lipinski definition) is 3. The Bertz CT molecular complexity index is 114. The van der Waals surface area contributed by atoms with Gasteiger partial charge in [-0.05, 0) is 5.25 Å². The molecule has 0 N–H and O–H groups in total. The summed E-state index contributed by atoms with van der Waals surface area (Å²) in [5.74, 6) is -0.0412. The van der Waals surface area contributed by atoms with E-state index in [-0.39, 0.29) is 11.7 Å². The van der Waals surface area contributed by atoms with Gasteiger partial charge in [0.2, 0.25) is 0 Å². The number of carbonyl (C=O) groups is 1. The van der Waals surface area contributed by atoms with Crippen LogP contribution in [-0.4, -0.2) is 18.8 Å². The highest BCUT2D eigenvalue weighted by Crippen LogP contribution is 1.94. The van der Waals surface area contributed by atoms with E-state index < -0.39 is 0 Å². The van der Waals surface area contributed by atoms with Gasteiger partial charge in [0.1, 0.15) is 5.75 Å². The van der Waals surface area contributed by atoms with Crippen LogP contribution < -0.4 is 0 Å². The van der Waals surface area contributed by atoms with Crippen LogP contribution in [0.3, 0.4) is 0 Å². The van der Waals surface area contributed by atoms with E-state index in [4.69, 9.17) is 6.42 Å². The molecule has 44 valence electrons. The molecule has 2 nitrogen and oxygen atoms in total. The molecule has 8 heavy (non-hydrogen) atoms. The number of rotatable bonds is 2. The summed E-state index contributed by atoms with van der Waals surface area (Å²) in [4.78, 5) is 10.2. The molecule has 0 amide bonds. The summed E-state index contributed by atoms with van der Waals surface area (Å²) >= 11 is 1.09. The van der Waals surface area contributed by atoms with Crippen LogP contribution in [0, 0.1) is 11.7 Å². The average Bonchev–Trinajstić information content (AvgIpc) is 1.83. The van der Waals surface area contributed by atoms with Gasteiger partial charge < -0.3 is 4.74 Å². The molecule has 0 atom stereocenters. The maximum atomic E-state index is 10.2. The van der Waals surface area contributed by atoms with Crippen LogP contribution in [0.5, 0.6) is 0 Å². The molecule has 0 aromatic carbocycles. The number of ether oxygens (including phenoxy) is 1. The fourth-order valence-electron chi connectivity index (χ4n) is 0.160. The van der Waals surface area contributed by atoms with Gasteiger partial charge in [0.05, 0.1) is 7.11 Å². The Kier molecular flexibility index (Phi) is 4.19. The molecule has 0 aliphatic carbocycles. The summed E-state index contributed by atoms with van der Waals surface area (Å²) in [6.45, 7) is 0. The van der Waals surface area contributed by atoms with Crippen LogP contribution in [0.2, 0.25) is 0 Å². The van der Waals surface area contributed by atoms with Crippen LogP contribution in [0.25, 0.3) is 0 Å². The van der Waals surface area contributed by atoms with Crippen molar-refractivity contribution in [3.63, 3.8) is 0 Å². The normalized spacial score (nSPS) is 7.50. The molecule has 0 aliphatic rings. The zero-order valence-electron chi connectivity index (χ0n) is 4.51. The van der Waals surface area contributed by atoms with Crippen molar-refractivity contribution in [3.05, 3.63) is 0 Å². The molecular formula is C5H6O2S. The summed E-state index contributed by atoms with van der Waals surface area (Å²) in [5, 5.41) is 2.25. The van der Waals surface area contributed by atoms with Crippen molar-refractivity contribution in [1.29, 1.82) is 0 Å². The van der Waals surface area contributed by atoms with Crippen molar-refractivity contribution >= 4 is 17.7 Å². The minimum absolute atomic E-state index is 0.243. The predicted octanol–water partition coefficient (Wildman–Crippen LogP) is 0.483. The van der Waals surface area contributed by atoms with Crippen LogP contribution in [0.4, 0.5) is 0 Å². The molecule has 0 spiro atoms. The lowest BCUT2D eigenvalue weighted by atomic mass is 10.8. The van der Waals surface area contributed by atoms with Crippen LogP contribution in [-0.2, 0) is 9.53 Å². The van der Waals surface area contributed by atoms with E-state index in [1.807, 2.05) is 0 Å². The van der Waals surface area contributed by atoms with Crippen molar-refractivity contribution in [1.82, 2.24) is 0 Å². The monoisotopic (exact) mass is 130 g/mol. The molecular weight excluding hydrogens is 124 g/mol. The van der Waals surface area contributed by atoms with Crippen LogP contribution in [0.1, 0.15) is 0 Å². The first-order chi connectivity index (χ1) is 3.81. The summed E-state index contributed by atoms with van der Waals surface area (Å²) in [5.41, 5.74) is 0. The molecule has 0 radical (unpaired) electrons. The van der Waals surface area contributed by atoms with Gasteiger partial charge in [-0.2, -0.15) is 0 Å². The number of hydrogen-bond donors (Lipinski definition) is 0. The highest BCUT2D eigenvalue weighted by Gasteiger charge is 1.95. The molecule has 0 aliphatic heterocycles. The summed E-state index contributed by atoms with van der Waals surface area (Å²) < 4.78 is 4.30. The second-order valence-electron chi connectivity index (χ2n) is 0.983. The Balaban J connectivity index is 3.15. The lowest BCUT2D eigenvalue weighted by Crippen LogP contribution is -2.01. The number of carbonyl (C=O) groups excluding carboxylic acids is 1. The predicted molar refractivity (Wildman–Crippen MR) is 33.3 cm³/mol. The van der Waals surface area contributed by atoms with Gasteiger partial charge in [0, 0.05) is 0 Å². The number of thioether (sulfide) groups is 1. The lowest BCUT2D eigenvalue weighted by Gasteiger charge is -1.90. The minimum atomic E-state index is -0.284. The smallest absolute Gasteiger partial charge is 0.316 e. The maximum Gasteiger partial charge on any atom is 0.316 e. The number of methoxy groups -OCH3 is 1. The van der Waals surface area contributed by atoms with Gasteiger partial charge in [-0.3, -0.25) is 4.79 Å². The van der Waals surface area contributed by atoms with E-state index in [1.54, 1.807) is 0 Å². The third kappa shape index (κ3) is 3.57. The standard InChI is InChI=1S/C5H6O2S/c1-3-8-4-5(6)7-2/h1H,4H2,2H3. The molecule has 0 unspecified atom stereocenters. The molecule has 0 fully saturated rings. The van der Waals surface area contributed by atoms with E-state index in [2.05, 4.69) is 9.99 Å².